The summed E-state index contributed by atoms with van der Waals surface area (Å²) in [4.78, 5) is 28.7. The molecule has 1 atom stereocenters. The number of hydrogen-bond acceptors (Lipinski definition) is 5. The normalized spacial score (nSPS) is 12.4. The van der Waals surface area contributed by atoms with Gasteiger partial charge in [-0.05, 0) is 83.5 Å². The maximum absolute atomic E-state index is 14.2. The van der Waals surface area contributed by atoms with Gasteiger partial charge in [0, 0.05) is 22.1 Å². The van der Waals surface area contributed by atoms with Gasteiger partial charge >= 0.3 is 0 Å². The summed E-state index contributed by atoms with van der Waals surface area (Å²) in [5.74, 6) is -0.711. The van der Waals surface area contributed by atoms with E-state index in [9.17, 15) is 18.0 Å². The van der Waals surface area contributed by atoms with E-state index in [1.165, 1.54) is 17.0 Å². The summed E-state index contributed by atoms with van der Waals surface area (Å²) in [5, 5.41) is 3.63. The van der Waals surface area contributed by atoms with Crippen molar-refractivity contribution in [1.82, 2.24) is 10.2 Å². The minimum absolute atomic E-state index is 0.0121. The number of rotatable bonds is 11. The molecule has 0 fully saturated rings. The lowest BCUT2D eigenvalue weighted by Gasteiger charge is -2.34. The predicted molar refractivity (Wildman–Crippen MR) is 168 cm³/mol. The zero-order valence-corrected chi connectivity index (χ0v) is 27.0. The highest BCUT2D eigenvalue weighted by Crippen LogP contribution is 2.33. The highest BCUT2D eigenvalue weighted by atomic mass is 35.5. The van der Waals surface area contributed by atoms with Crippen molar-refractivity contribution < 1.29 is 22.7 Å². The summed E-state index contributed by atoms with van der Waals surface area (Å²) in [5.41, 5.74) is 1.07. The summed E-state index contributed by atoms with van der Waals surface area (Å²) in [6.45, 7) is 10.4. The van der Waals surface area contributed by atoms with Gasteiger partial charge in [0.15, 0.2) is 0 Å². The fourth-order valence-corrected chi connectivity index (χ4v) is 6.07. The first-order valence-corrected chi connectivity index (χ1v) is 15.7. The van der Waals surface area contributed by atoms with E-state index in [-0.39, 0.29) is 23.7 Å². The Hall–Kier alpha value is -3.27. The fourth-order valence-electron chi connectivity index (χ4n) is 4.18. The van der Waals surface area contributed by atoms with Gasteiger partial charge in [0.25, 0.3) is 10.0 Å². The van der Waals surface area contributed by atoms with Crippen LogP contribution in [0, 0.1) is 6.92 Å². The lowest BCUT2D eigenvalue weighted by atomic mass is 10.1. The fraction of sp³-hybridized carbons (Fsp3) is 0.355. The molecule has 42 heavy (non-hydrogen) atoms. The van der Waals surface area contributed by atoms with E-state index in [1.807, 2.05) is 27.7 Å². The quantitative estimate of drug-likeness (QED) is 0.270. The molecule has 0 aliphatic rings. The molecule has 0 bridgehead atoms. The number of nitrogens with one attached hydrogen (secondary N) is 1. The van der Waals surface area contributed by atoms with Gasteiger partial charge in [-0.3, -0.25) is 13.9 Å². The molecule has 11 heteroatoms. The van der Waals surface area contributed by atoms with Gasteiger partial charge in [-0.15, -0.1) is 0 Å². The Labute approximate surface area is 258 Å². The minimum Gasteiger partial charge on any atom is -0.492 e. The number of hydrogen-bond donors (Lipinski definition) is 1. The summed E-state index contributed by atoms with van der Waals surface area (Å²) in [7, 11) is -4.24. The van der Waals surface area contributed by atoms with Crippen LogP contribution < -0.4 is 14.4 Å². The van der Waals surface area contributed by atoms with E-state index in [0.717, 1.165) is 9.87 Å². The number of amides is 2. The standard InChI is InChI=1S/C31H37Cl2N3O5S/c1-7-41-28-11-9-8-10-27(28)36(42(39,40)25-16-12-21(2)13-17-25)20-29(37)35(22(3)30(38)34-31(4,5)6)19-23-14-15-24(32)18-26(23)33/h8-18,22H,7,19-20H2,1-6H3,(H,34,38)/t22-/m0/s1. The van der Waals surface area contributed by atoms with Crippen LogP contribution in [0.3, 0.4) is 0 Å². The monoisotopic (exact) mass is 633 g/mol. The first kappa shape index (κ1) is 33.2. The highest BCUT2D eigenvalue weighted by molar-refractivity contribution is 7.92. The predicted octanol–water partition coefficient (Wildman–Crippen LogP) is 6.23. The first-order valence-electron chi connectivity index (χ1n) is 13.5. The van der Waals surface area contributed by atoms with Gasteiger partial charge in [0.1, 0.15) is 18.3 Å². The topological polar surface area (TPSA) is 96.0 Å². The van der Waals surface area contributed by atoms with Gasteiger partial charge in [-0.1, -0.05) is 59.1 Å². The average molecular weight is 635 g/mol. The lowest BCUT2D eigenvalue weighted by Crippen LogP contribution is -2.54. The van der Waals surface area contributed by atoms with Crippen LogP contribution in [0.1, 0.15) is 45.7 Å². The maximum atomic E-state index is 14.2. The third-order valence-corrected chi connectivity index (χ3v) is 8.70. The van der Waals surface area contributed by atoms with Crippen LogP contribution in [0.25, 0.3) is 0 Å². The van der Waals surface area contributed by atoms with Crippen molar-refractivity contribution >= 4 is 50.7 Å². The van der Waals surface area contributed by atoms with Crippen LogP contribution in [0.2, 0.25) is 10.0 Å². The van der Waals surface area contributed by atoms with E-state index in [0.29, 0.717) is 21.4 Å². The molecule has 1 N–H and O–H groups in total. The molecule has 0 saturated carbocycles. The second-order valence-electron chi connectivity index (χ2n) is 10.9. The number of benzene rings is 3. The van der Waals surface area contributed by atoms with Crippen LogP contribution in [0.4, 0.5) is 5.69 Å². The maximum Gasteiger partial charge on any atom is 0.264 e. The molecule has 0 aliphatic heterocycles. The van der Waals surface area contributed by atoms with Crippen molar-refractivity contribution in [3.8, 4) is 5.75 Å². The Morgan fingerprint density at radius 2 is 1.64 bits per heavy atom. The lowest BCUT2D eigenvalue weighted by molar-refractivity contribution is -0.140. The van der Waals surface area contributed by atoms with Crippen LogP contribution >= 0.6 is 23.2 Å². The second kappa shape index (κ2) is 13.8. The van der Waals surface area contributed by atoms with Gasteiger partial charge in [-0.2, -0.15) is 0 Å². The number of carbonyl (C=O) groups is 2. The Kier molecular flexibility index (Phi) is 10.9. The molecule has 3 rings (SSSR count). The molecule has 0 radical (unpaired) electrons. The van der Waals surface area contributed by atoms with E-state index < -0.39 is 40.0 Å². The molecule has 0 unspecified atom stereocenters. The van der Waals surface area contributed by atoms with Crippen molar-refractivity contribution in [2.24, 2.45) is 0 Å². The van der Waals surface area contributed by atoms with E-state index in [4.69, 9.17) is 27.9 Å². The number of sulfonamides is 1. The van der Waals surface area contributed by atoms with Gasteiger partial charge in [0.2, 0.25) is 11.8 Å². The zero-order chi connectivity index (χ0) is 31.2. The van der Waals surface area contributed by atoms with E-state index in [1.54, 1.807) is 68.4 Å². The molecule has 226 valence electrons. The van der Waals surface area contributed by atoms with E-state index >= 15 is 0 Å². The average Bonchev–Trinajstić information content (AvgIpc) is 2.90. The molecule has 0 heterocycles. The van der Waals surface area contributed by atoms with Crippen LogP contribution in [-0.4, -0.2) is 49.9 Å². The highest BCUT2D eigenvalue weighted by Gasteiger charge is 2.34. The Balaban J connectivity index is 2.11. The molecule has 2 amide bonds. The number of nitrogens with zero attached hydrogens (tertiary/aromatic N) is 2. The number of ether oxygens (including phenoxy) is 1. The molecule has 8 nitrogen and oxygen atoms in total. The van der Waals surface area contributed by atoms with Gasteiger partial charge in [0.05, 0.1) is 17.2 Å². The molecule has 0 aliphatic carbocycles. The van der Waals surface area contributed by atoms with Gasteiger partial charge < -0.3 is 15.0 Å². The van der Waals surface area contributed by atoms with E-state index in [2.05, 4.69) is 5.32 Å². The molecule has 0 aromatic heterocycles. The smallest absolute Gasteiger partial charge is 0.264 e. The van der Waals surface area contributed by atoms with Crippen LogP contribution in [0.5, 0.6) is 5.75 Å². The van der Waals surface area contributed by atoms with Crippen molar-refractivity contribution in [1.29, 1.82) is 0 Å². The summed E-state index contributed by atoms with van der Waals surface area (Å²) < 4.78 is 34.9. The molecule has 0 saturated heterocycles. The molecule has 3 aromatic carbocycles. The Morgan fingerprint density at radius 1 is 1.00 bits per heavy atom. The third-order valence-electron chi connectivity index (χ3n) is 6.34. The van der Waals surface area contributed by atoms with Crippen LogP contribution in [0.15, 0.2) is 71.6 Å². The number of carbonyl (C=O) groups excluding carboxylic acids is 2. The SMILES string of the molecule is CCOc1ccccc1N(CC(=O)N(Cc1ccc(Cl)cc1Cl)[C@@H](C)C(=O)NC(C)(C)C)S(=O)(=O)c1ccc(C)cc1. The Bertz CT molecular complexity index is 1520. The molecular weight excluding hydrogens is 597 g/mol. The summed E-state index contributed by atoms with van der Waals surface area (Å²) in [6.07, 6.45) is 0. The molecule has 0 spiro atoms. The third kappa shape index (κ3) is 8.40. The second-order valence-corrected chi connectivity index (χ2v) is 13.6. The Morgan fingerprint density at radius 3 is 2.24 bits per heavy atom. The summed E-state index contributed by atoms with van der Waals surface area (Å²) in [6, 6.07) is 16.9. The largest absolute Gasteiger partial charge is 0.492 e. The number of anilines is 1. The number of aryl methyl sites for hydroxylation is 1. The summed E-state index contributed by atoms with van der Waals surface area (Å²) >= 11 is 12.5. The zero-order valence-electron chi connectivity index (χ0n) is 24.6. The van der Waals surface area contributed by atoms with Crippen molar-refractivity contribution in [2.45, 2.75) is 64.6 Å². The number of halogens is 2. The van der Waals surface area contributed by atoms with Crippen molar-refractivity contribution in [3.63, 3.8) is 0 Å². The first-order chi connectivity index (χ1) is 19.6. The van der Waals surface area contributed by atoms with Crippen molar-refractivity contribution in [3.05, 3.63) is 87.9 Å². The van der Waals surface area contributed by atoms with Gasteiger partial charge in [-0.25, -0.2) is 8.42 Å². The molecule has 3 aromatic rings. The van der Waals surface area contributed by atoms with Crippen molar-refractivity contribution in [2.75, 3.05) is 17.5 Å². The van der Waals surface area contributed by atoms with Crippen LogP contribution in [-0.2, 0) is 26.2 Å². The minimum atomic E-state index is -4.24. The number of para-hydroxylation sites is 2. The molecular formula is C31H37Cl2N3O5S.